The van der Waals surface area contributed by atoms with Crippen LogP contribution in [0, 0.1) is 0 Å². The molecule has 110 valence electrons. The molecule has 1 spiro atoms. The van der Waals surface area contributed by atoms with Gasteiger partial charge < -0.3 is 10.2 Å². The molecule has 0 radical (unpaired) electrons. The second-order valence-electron chi connectivity index (χ2n) is 5.58. The van der Waals surface area contributed by atoms with Crippen LogP contribution in [0.15, 0.2) is 51.5 Å². The fourth-order valence-corrected chi connectivity index (χ4v) is 4.01. The van der Waals surface area contributed by atoms with Crippen molar-refractivity contribution in [1.29, 1.82) is 0 Å². The summed E-state index contributed by atoms with van der Waals surface area (Å²) in [6.07, 6.45) is 10.9. The lowest BCUT2D eigenvalue weighted by Crippen LogP contribution is -2.35. The van der Waals surface area contributed by atoms with Crippen LogP contribution in [-0.2, 0) is 4.79 Å². The standard InChI is InChI=1S/C16H19N3OS/c1-19(2)10-9-18-15(20)12-11-21-16-7-4-3-5-14(16)17-8-6-13(12)16/h3-6,8,11H,7,9-10H2,1-2H3,(H,18,20). The average Bonchev–Trinajstić information content (AvgIpc) is 2.84. The number of hydrogen-bond acceptors (Lipinski definition) is 4. The second kappa shape index (κ2) is 5.66. The molecule has 1 N–H and O–H groups in total. The van der Waals surface area contributed by atoms with Crippen molar-refractivity contribution in [2.24, 2.45) is 4.99 Å². The SMILES string of the molecule is CN(C)CCNC(=O)C1=CSC23CC=CC=C2N=CC=C13. The fourth-order valence-electron chi connectivity index (χ4n) is 2.72. The molecule has 0 aromatic heterocycles. The Morgan fingerprint density at radius 1 is 1.48 bits per heavy atom. The summed E-state index contributed by atoms with van der Waals surface area (Å²) < 4.78 is -0.183. The average molecular weight is 301 g/mol. The summed E-state index contributed by atoms with van der Waals surface area (Å²) in [7, 11) is 3.99. The van der Waals surface area contributed by atoms with Crippen LogP contribution in [0.2, 0.25) is 0 Å². The zero-order chi connectivity index (χ0) is 14.9. The first-order valence-electron chi connectivity index (χ1n) is 7.07. The fraction of sp³-hybridized carbons (Fsp3) is 0.375. The number of allylic oxidation sites excluding steroid dienone is 4. The molecule has 0 aromatic carbocycles. The minimum Gasteiger partial charge on any atom is -0.351 e. The lowest BCUT2D eigenvalue weighted by Gasteiger charge is -2.33. The third-order valence-corrected chi connectivity index (χ3v) is 5.21. The van der Waals surface area contributed by atoms with E-state index in [0.29, 0.717) is 6.54 Å². The number of dihydropyridines is 1. The van der Waals surface area contributed by atoms with E-state index in [4.69, 9.17) is 0 Å². The summed E-state index contributed by atoms with van der Waals surface area (Å²) in [6, 6.07) is 0. The van der Waals surface area contributed by atoms with E-state index in [-0.39, 0.29) is 10.7 Å². The second-order valence-corrected chi connectivity index (χ2v) is 6.75. The van der Waals surface area contributed by atoms with Crippen molar-refractivity contribution >= 4 is 23.9 Å². The number of amides is 1. The highest BCUT2D eigenvalue weighted by atomic mass is 32.2. The van der Waals surface area contributed by atoms with E-state index in [1.54, 1.807) is 18.0 Å². The van der Waals surface area contributed by atoms with Crippen LogP contribution in [-0.4, -0.2) is 49.0 Å². The maximum atomic E-state index is 12.4. The third-order valence-electron chi connectivity index (χ3n) is 3.86. The van der Waals surface area contributed by atoms with E-state index >= 15 is 0 Å². The van der Waals surface area contributed by atoms with E-state index < -0.39 is 0 Å². The summed E-state index contributed by atoms with van der Waals surface area (Å²) in [5.74, 6) is 0.0108. The van der Waals surface area contributed by atoms with E-state index in [1.807, 2.05) is 37.7 Å². The highest BCUT2D eigenvalue weighted by molar-refractivity contribution is 8.04. The number of likely N-dealkylation sites (N-methyl/N-ethyl adjacent to an activating group) is 1. The maximum absolute atomic E-state index is 12.4. The van der Waals surface area contributed by atoms with Gasteiger partial charge in [0, 0.05) is 19.3 Å². The summed E-state index contributed by atoms with van der Waals surface area (Å²) in [5, 5.41) is 4.98. The maximum Gasteiger partial charge on any atom is 0.252 e. The van der Waals surface area contributed by atoms with Crippen molar-refractivity contribution in [3.8, 4) is 0 Å². The van der Waals surface area contributed by atoms with Gasteiger partial charge in [0.15, 0.2) is 0 Å². The van der Waals surface area contributed by atoms with Crippen molar-refractivity contribution < 1.29 is 4.79 Å². The van der Waals surface area contributed by atoms with E-state index in [1.165, 1.54) is 0 Å². The molecule has 0 saturated carbocycles. The number of carbonyl (C=O) groups excluding carboxylic acids is 1. The Balaban J connectivity index is 1.76. The van der Waals surface area contributed by atoms with Crippen LogP contribution in [0.1, 0.15) is 6.42 Å². The van der Waals surface area contributed by atoms with E-state index in [9.17, 15) is 4.79 Å². The Morgan fingerprint density at radius 3 is 3.14 bits per heavy atom. The van der Waals surface area contributed by atoms with Crippen LogP contribution < -0.4 is 5.32 Å². The van der Waals surface area contributed by atoms with Gasteiger partial charge in [0.05, 0.1) is 16.0 Å². The molecule has 1 unspecified atom stereocenters. The van der Waals surface area contributed by atoms with Gasteiger partial charge in [0.2, 0.25) is 0 Å². The van der Waals surface area contributed by atoms with Crippen molar-refractivity contribution in [2.45, 2.75) is 11.2 Å². The Kier molecular flexibility index (Phi) is 3.87. The van der Waals surface area contributed by atoms with Gasteiger partial charge in [-0.1, -0.05) is 12.2 Å². The summed E-state index contributed by atoms with van der Waals surface area (Å²) in [4.78, 5) is 19.0. The van der Waals surface area contributed by atoms with Gasteiger partial charge in [-0.15, -0.1) is 11.8 Å². The van der Waals surface area contributed by atoms with Gasteiger partial charge in [0.25, 0.3) is 5.91 Å². The first-order valence-corrected chi connectivity index (χ1v) is 7.95. The predicted molar refractivity (Wildman–Crippen MR) is 88.4 cm³/mol. The van der Waals surface area contributed by atoms with Crippen molar-refractivity contribution in [2.75, 3.05) is 27.2 Å². The highest BCUT2D eigenvalue weighted by Gasteiger charge is 2.46. The smallest absolute Gasteiger partial charge is 0.252 e. The molecule has 2 heterocycles. The van der Waals surface area contributed by atoms with Crippen molar-refractivity contribution in [3.05, 3.63) is 46.6 Å². The number of nitrogens with one attached hydrogen (secondary N) is 1. The number of carbonyl (C=O) groups is 1. The number of hydrogen-bond donors (Lipinski definition) is 1. The molecule has 4 nitrogen and oxygen atoms in total. The molecular formula is C16H19N3OS. The normalized spacial score (nSPS) is 26.0. The molecule has 1 aliphatic carbocycles. The molecular weight excluding hydrogens is 282 g/mol. The van der Waals surface area contributed by atoms with Gasteiger partial charge >= 0.3 is 0 Å². The Morgan fingerprint density at radius 2 is 2.33 bits per heavy atom. The molecule has 3 rings (SSSR count). The van der Waals surface area contributed by atoms with Gasteiger partial charge in [-0.25, -0.2) is 0 Å². The lowest BCUT2D eigenvalue weighted by molar-refractivity contribution is -0.117. The van der Waals surface area contributed by atoms with Gasteiger partial charge in [-0.2, -0.15) is 0 Å². The molecule has 0 fully saturated rings. The van der Waals surface area contributed by atoms with Crippen molar-refractivity contribution in [1.82, 2.24) is 10.2 Å². The molecule has 0 saturated heterocycles. The van der Waals surface area contributed by atoms with Gasteiger partial charge in [-0.3, -0.25) is 9.79 Å². The molecule has 1 atom stereocenters. The predicted octanol–water partition coefficient (Wildman–Crippen LogP) is 1.89. The number of rotatable bonds is 4. The topological polar surface area (TPSA) is 44.7 Å². The largest absolute Gasteiger partial charge is 0.351 e. The number of thioether (sulfide) groups is 1. The molecule has 5 heteroatoms. The van der Waals surface area contributed by atoms with E-state index in [0.717, 1.165) is 29.8 Å². The molecule has 21 heavy (non-hydrogen) atoms. The minimum absolute atomic E-state index is 0.0108. The monoisotopic (exact) mass is 301 g/mol. The van der Waals surface area contributed by atoms with Crippen LogP contribution in [0.4, 0.5) is 0 Å². The lowest BCUT2D eigenvalue weighted by atomic mass is 9.83. The van der Waals surface area contributed by atoms with Crippen LogP contribution in [0.3, 0.4) is 0 Å². The number of aliphatic imine (C=N–C) groups is 1. The molecule has 0 bridgehead atoms. The van der Waals surface area contributed by atoms with E-state index in [2.05, 4.69) is 21.3 Å². The molecule has 1 amide bonds. The Labute approximate surface area is 129 Å². The quantitative estimate of drug-likeness (QED) is 0.862. The minimum atomic E-state index is -0.183. The van der Waals surface area contributed by atoms with Gasteiger partial charge in [-0.05, 0) is 43.6 Å². The first kappa shape index (κ1) is 14.4. The van der Waals surface area contributed by atoms with Crippen LogP contribution >= 0.6 is 11.8 Å². The third kappa shape index (κ3) is 2.51. The molecule has 0 aromatic rings. The highest BCUT2D eigenvalue weighted by Crippen LogP contribution is 2.54. The zero-order valence-electron chi connectivity index (χ0n) is 12.3. The summed E-state index contributed by atoms with van der Waals surface area (Å²) >= 11 is 1.70. The molecule has 2 aliphatic heterocycles. The van der Waals surface area contributed by atoms with Crippen LogP contribution in [0.5, 0.6) is 0 Å². The molecule has 3 aliphatic rings. The first-order chi connectivity index (χ1) is 10.1. The number of nitrogens with zero attached hydrogens (tertiary/aromatic N) is 2. The Bertz CT molecular complexity index is 613. The summed E-state index contributed by atoms with van der Waals surface area (Å²) in [6.45, 7) is 1.50. The van der Waals surface area contributed by atoms with Gasteiger partial charge in [0.1, 0.15) is 0 Å². The Hall–Kier alpha value is -1.59. The zero-order valence-corrected chi connectivity index (χ0v) is 13.1. The van der Waals surface area contributed by atoms with Crippen LogP contribution in [0.25, 0.3) is 0 Å². The van der Waals surface area contributed by atoms with Crippen molar-refractivity contribution in [3.63, 3.8) is 0 Å². The summed E-state index contributed by atoms with van der Waals surface area (Å²) in [5.41, 5.74) is 2.91.